The van der Waals surface area contributed by atoms with E-state index >= 15 is 0 Å². The molecule has 4 rings (SSSR count). The van der Waals surface area contributed by atoms with Gasteiger partial charge in [0.1, 0.15) is 18.1 Å². The van der Waals surface area contributed by atoms with E-state index in [-0.39, 0.29) is 12.4 Å². The summed E-state index contributed by atoms with van der Waals surface area (Å²) in [4.78, 5) is 8.05. The first kappa shape index (κ1) is 30.3. The van der Waals surface area contributed by atoms with Crippen LogP contribution in [0.5, 0.6) is 11.5 Å². The molecule has 0 aromatic heterocycles. The van der Waals surface area contributed by atoms with Crippen LogP contribution in [-0.2, 0) is 21.4 Å². The smallest absolute Gasteiger partial charge is 0.229 e. The number of nitrogens with one attached hydrogen (secondary N) is 1. The molecule has 1 saturated carbocycles. The van der Waals surface area contributed by atoms with Crippen LogP contribution < -0.4 is 9.46 Å². The van der Waals surface area contributed by atoms with Gasteiger partial charge in [-0.25, -0.2) is 8.42 Å². The van der Waals surface area contributed by atoms with Crippen LogP contribution in [0.25, 0.3) is 0 Å². The Balaban J connectivity index is 0.00000400. The van der Waals surface area contributed by atoms with Gasteiger partial charge in [0.25, 0.3) is 0 Å². The van der Waals surface area contributed by atoms with Gasteiger partial charge in [-0.1, -0.05) is 49.4 Å². The average molecular weight is 564 g/mol. The van der Waals surface area contributed by atoms with Crippen molar-refractivity contribution in [2.24, 2.45) is 17.0 Å². The van der Waals surface area contributed by atoms with E-state index < -0.39 is 10.0 Å². The molecule has 210 valence electrons. The van der Waals surface area contributed by atoms with Crippen molar-refractivity contribution in [1.29, 1.82) is 0 Å². The molecule has 0 amide bonds. The quantitative estimate of drug-likeness (QED) is 0.239. The number of piperidine rings is 1. The van der Waals surface area contributed by atoms with Gasteiger partial charge >= 0.3 is 0 Å². The number of sulfonamides is 1. The van der Waals surface area contributed by atoms with E-state index in [9.17, 15) is 8.42 Å². The summed E-state index contributed by atoms with van der Waals surface area (Å²) in [7, 11) is -3.29. The summed E-state index contributed by atoms with van der Waals surface area (Å²) < 4.78 is 31.1. The molecule has 0 atom stereocenters. The lowest BCUT2D eigenvalue weighted by molar-refractivity contribution is 0.150. The van der Waals surface area contributed by atoms with Gasteiger partial charge < -0.3 is 9.57 Å². The highest BCUT2D eigenvalue weighted by atomic mass is 35.5. The van der Waals surface area contributed by atoms with Crippen molar-refractivity contribution in [3.8, 4) is 11.5 Å². The van der Waals surface area contributed by atoms with Crippen LogP contribution in [-0.4, -0.2) is 45.0 Å². The number of hydrogen-bond donors (Lipinski definition) is 1. The Morgan fingerprint density at radius 1 is 0.947 bits per heavy atom. The van der Waals surface area contributed by atoms with Crippen LogP contribution in [0.4, 0.5) is 5.69 Å². The molecule has 9 heteroatoms. The highest BCUT2D eigenvalue weighted by Gasteiger charge is 2.26. The Bertz CT molecular complexity index is 1110. The van der Waals surface area contributed by atoms with Gasteiger partial charge in [0, 0.05) is 18.2 Å². The zero-order valence-corrected chi connectivity index (χ0v) is 24.2. The maximum absolute atomic E-state index is 11.4. The Labute approximate surface area is 234 Å². The molecule has 1 aliphatic carbocycles. The molecule has 0 radical (unpaired) electrons. The van der Waals surface area contributed by atoms with Crippen molar-refractivity contribution < 1.29 is 18.0 Å². The molecule has 1 N–H and O–H groups in total. The van der Waals surface area contributed by atoms with E-state index in [1.807, 2.05) is 19.1 Å². The fourth-order valence-corrected chi connectivity index (χ4v) is 5.96. The molecule has 0 unspecified atom stereocenters. The van der Waals surface area contributed by atoms with Crippen LogP contribution in [0.3, 0.4) is 0 Å². The van der Waals surface area contributed by atoms with Gasteiger partial charge in [-0.15, -0.1) is 12.4 Å². The average Bonchev–Trinajstić information content (AvgIpc) is 2.89. The van der Waals surface area contributed by atoms with E-state index in [1.165, 1.54) is 43.4 Å². The largest absolute Gasteiger partial charge is 0.457 e. The lowest BCUT2D eigenvalue weighted by Crippen LogP contribution is -2.36. The number of nitrogens with zero attached hydrogens (tertiary/aromatic N) is 2. The van der Waals surface area contributed by atoms with Crippen molar-refractivity contribution in [1.82, 2.24) is 4.90 Å². The summed E-state index contributed by atoms with van der Waals surface area (Å²) in [6.45, 7) is 5.73. The number of halogens is 1. The summed E-state index contributed by atoms with van der Waals surface area (Å²) >= 11 is 0. The zero-order chi connectivity index (χ0) is 26.1. The summed E-state index contributed by atoms with van der Waals surface area (Å²) in [6.07, 6.45) is 11.3. The van der Waals surface area contributed by atoms with Crippen LogP contribution in [0, 0.1) is 11.8 Å². The van der Waals surface area contributed by atoms with E-state index in [2.05, 4.69) is 26.9 Å². The first-order chi connectivity index (χ1) is 17.9. The highest BCUT2D eigenvalue weighted by Crippen LogP contribution is 2.31. The Hall–Kier alpha value is -2.29. The molecular weight excluding hydrogens is 522 g/mol. The first-order valence-electron chi connectivity index (χ1n) is 13.6. The van der Waals surface area contributed by atoms with E-state index in [0.717, 1.165) is 56.8 Å². The molecular formula is C29H42ClN3O4S. The lowest BCUT2D eigenvalue weighted by atomic mass is 9.81. The Morgan fingerprint density at radius 3 is 2.13 bits per heavy atom. The van der Waals surface area contributed by atoms with Crippen molar-refractivity contribution in [2.75, 3.05) is 30.7 Å². The summed E-state index contributed by atoms with van der Waals surface area (Å²) in [6, 6.07) is 15.1. The fourth-order valence-electron chi connectivity index (χ4n) is 5.40. The van der Waals surface area contributed by atoms with Gasteiger partial charge in [-0.05, 0) is 87.2 Å². The summed E-state index contributed by atoms with van der Waals surface area (Å²) in [5.41, 5.74) is 3.08. The summed E-state index contributed by atoms with van der Waals surface area (Å²) in [5.74, 6) is 2.74. The maximum Gasteiger partial charge on any atom is 0.229 e. The highest BCUT2D eigenvalue weighted by molar-refractivity contribution is 7.92. The minimum atomic E-state index is -3.29. The number of rotatable bonds is 11. The van der Waals surface area contributed by atoms with Crippen LogP contribution >= 0.6 is 12.4 Å². The molecule has 2 aromatic rings. The Kier molecular flexibility index (Phi) is 11.7. The van der Waals surface area contributed by atoms with Crippen molar-refractivity contribution in [3.63, 3.8) is 0 Å². The molecule has 0 spiro atoms. The fraction of sp³-hybridized carbons (Fsp3) is 0.552. The van der Waals surface area contributed by atoms with Crippen LogP contribution in [0.15, 0.2) is 53.7 Å². The van der Waals surface area contributed by atoms with Gasteiger partial charge in [-0.2, -0.15) is 0 Å². The van der Waals surface area contributed by atoms with Gasteiger partial charge in [0.2, 0.25) is 10.0 Å². The maximum atomic E-state index is 11.4. The number of benzene rings is 2. The molecule has 2 fully saturated rings. The number of anilines is 1. The standard InChI is InChI=1S/C29H41N3O4S.ClH/c1-3-35-30-29(21-23-7-5-4-6-8-23)25-17-19-32(20-18-25)22-24-9-13-27(14-10-24)36-28-15-11-26(12-16-28)31-37(2,33)34;/h9-16,23,25,31H,3-8,17-22H2,1-2H3;1H. The molecule has 1 heterocycles. The molecule has 38 heavy (non-hydrogen) atoms. The zero-order valence-electron chi connectivity index (χ0n) is 22.6. The van der Waals surface area contributed by atoms with E-state index in [0.29, 0.717) is 24.0 Å². The number of ether oxygens (including phenoxy) is 1. The molecule has 7 nitrogen and oxygen atoms in total. The predicted octanol–water partition coefficient (Wildman–Crippen LogP) is 6.85. The molecule has 1 saturated heterocycles. The molecule has 2 aromatic carbocycles. The summed E-state index contributed by atoms with van der Waals surface area (Å²) in [5, 5.41) is 4.59. The molecule has 1 aliphatic heterocycles. The Morgan fingerprint density at radius 2 is 1.55 bits per heavy atom. The van der Waals surface area contributed by atoms with E-state index in [4.69, 9.17) is 9.57 Å². The molecule has 2 aliphatic rings. The lowest BCUT2D eigenvalue weighted by Gasteiger charge is -2.33. The number of likely N-dealkylation sites (tertiary alicyclic amines) is 1. The predicted molar refractivity (Wildman–Crippen MR) is 157 cm³/mol. The van der Waals surface area contributed by atoms with Crippen LogP contribution in [0.2, 0.25) is 0 Å². The first-order valence-corrected chi connectivity index (χ1v) is 15.5. The number of oxime groups is 1. The van der Waals surface area contributed by atoms with Gasteiger partial charge in [-0.3, -0.25) is 9.62 Å². The topological polar surface area (TPSA) is 80.2 Å². The minimum Gasteiger partial charge on any atom is -0.457 e. The second-order valence-corrected chi connectivity index (χ2v) is 12.2. The second kappa shape index (κ2) is 14.8. The normalized spacial score (nSPS) is 18.0. The second-order valence-electron chi connectivity index (χ2n) is 10.4. The van der Waals surface area contributed by atoms with Crippen molar-refractivity contribution >= 4 is 33.8 Å². The minimum absolute atomic E-state index is 0. The van der Waals surface area contributed by atoms with Gasteiger partial charge in [0.15, 0.2) is 0 Å². The third-order valence-electron chi connectivity index (χ3n) is 7.32. The molecule has 0 bridgehead atoms. The van der Waals surface area contributed by atoms with E-state index in [1.54, 1.807) is 24.3 Å². The monoisotopic (exact) mass is 563 g/mol. The third kappa shape index (κ3) is 9.79. The van der Waals surface area contributed by atoms with Gasteiger partial charge in [0.05, 0.1) is 12.0 Å². The van der Waals surface area contributed by atoms with Crippen molar-refractivity contribution in [3.05, 3.63) is 54.1 Å². The van der Waals surface area contributed by atoms with Crippen LogP contribution in [0.1, 0.15) is 63.9 Å². The SMILES string of the molecule is CCON=C(CC1CCCCC1)C1CCN(Cc2ccc(Oc3ccc(NS(C)(=O)=O)cc3)cc2)CC1.Cl. The van der Waals surface area contributed by atoms with Crippen molar-refractivity contribution in [2.45, 2.75) is 64.8 Å². The number of hydrogen-bond acceptors (Lipinski definition) is 6. The third-order valence-corrected chi connectivity index (χ3v) is 7.92.